The van der Waals surface area contributed by atoms with Gasteiger partial charge in [-0.25, -0.2) is 0 Å². The third kappa shape index (κ3) is 3.56. The molecule has 1 N–H and O–H groups in total. The fourth-order valence-corrected chi connectivity index (χ4v) is 2.91. The number of benzene rings is 1. The van der Waals surface area contributed by atoms with Gasteiger partial charge in [-0.2, -0.15) is 0 Å². The standard InChI is InChI=1S/C15H21Cl2NO/c1-4-15(3)9-11(5-6-19-15)18-14-8-12(16)10(2)7-13(14)17/h7-8,11,18H,4-6,9H2,1-3H3. The maximum Gasteiger partial charge on any atom is 0.0671 e. The van der Waals surface area contributed by atoms with E-state index in [1.807, 2.05) is 19.1 Å². The molecule has 0 saturated carbocycles. The van der Waals surface area contributed by atoms with Gasteiger partial charge in [0.15, 0.2) is 0 Å². The average molecular weight is 302 g/mol. The van der Waals surface area contributed by atoms with Crippen molar-refractivity contribution in [1.82, 2.24) is 0 Å². The number of halogens is 2. The molecular weight excluding hydrogens is 281 g/mol. The van der Waals surface area contributed by atoms with E-state index in [1.54, 1.807) is 0 Å². The zero-order valence-corrected chi connectivity index (χ0v) is 13.2. The monoisotopic (exact) mass is 301 g/mol. The molecule has 1 aromatic rings. The van der Waals surface area contributed by atoms with Crippen LogP contribution in [0.5, 0.6) is 0 Å². The molecule has 2 rings (SSSR count). The maximum absolute atomic E-state index is 6.27. The quantitative estimate of drug-likeness (QED) is 0.842. The van der Waals surface area contributed by atoms with E-state index in [4.69, 9.17) is 27.9 Å². The van der Waals surface area contributed by atoms with Crippen LogP contribution in [0.4, 0.5) is 5.69 Å². The van der Waals surface area contributed by atoms with Crippen molar-refractivity contribution < 1.29 is 4.74 Å². The van der Waals surface area contributed by atoms with E-state index in [-0.39, 0.29) is 5.60 Å². The summed E-state index contributed by atoms with van der Waals surface area (Å²) in [5.41, 5.74) is 1.89. The van der Waals surface area contributed by atoms with Crippen LogP contribution in [0.15, 0.2) is 12.1 Å². The van der Waals surface area contributed by atoms with Gasteiger partial charge < -0.3 is 10.1 Å². The van der Waals surface area contributed by atoms with Crippen LogP contribution in [0.3, 0.4) is 0 Å². The number of hydrogen-bond acceptors (Lipinski definition) is 2. The number of anilines is 1. The van der Waals surface area contributed by atoms with Gasteiger partial charge in [0, 0.05) is 17.7 Å². The highest BCUT2D eigenvalue weighted by atomic mass is 35.5. The highest BCUT2D eigenvalue weighted by molar-refractivity contribution is 6.35. The van der Waals surface area contributed by atoms with Gasteiger partial charge >= 0.3 is 0 Å². The topological polar surface area (TPSA) is 21.3 Å². The van der Waals surface area contributed by atoms with E-state index in [2.05, 4.69) is 19.2 Å². The smallest absolute Gasteiger partial charge is 0.0671 e. The Hall–Kier alpha value is -0.440. The minimum Gasteiger partial charge on any atom is -0.381 e. The molecule has 1 fully saturated rings. The largest absolute Gasteiger partial charge is 0.381 e. The first-order valence-corrected chi connectivity index (χ1v) is 7.55. The Morgan fingerprint density at radius 3 is 2.79 bits per heavy atom. The van der Waals surface area contributed by atoms with Crippen LogP contribution in [0.1, 0.15) is 38.7 Å². The molecule has 0 aromatic heterocycles. The Kier molecular flexibility index (Phi) is 4.65. The molecule has 0 aliphatic carbocycles. The predicted molar refractivity (Wildman–Crippen MR) is 82.5 cm³/mol. The fraction of sp³-hybridized carbons (Fsp3) is 0.600. The van der Waals surface area contributed by atoms with Crippen LogP contribution in [-0.2, 0) is 4.74 Å². The number of hydrogen-bond donors (Lipinski definition) is 1. The van der Waals surface area contributed by atoms with Crippen LogP contribution < -0.4 is 5.32 Å². The molecule has 19 heavy (non-hydrogen) atoms. The molecule has 1 saturated heterocycles. The fourth-order valence-electron chi connectivity index (χ4n) is 2.48. The summed E-state index contributed by atoms with van der Waals surface area (Å²) in [5.74, 6) is 0. The molecule has 1 heterocycles. The minimum atomic E-state index is -0.0309. The van der Waals surface area contributed by atoms with Gasteiger partial charge in [0.1, 0.15) is 0 Å². The van der Waals surface area contributed by atoms with Crippen LogP contribution >= 0.6 is 23.2 Å². The van der Waals surface area contributed by atoms with Crippen LogP contribution in [0, 0.1) is 6.92 Å². The van der Waals surface area contributed by atoms with Gasteiger partial charge in [-0.3, -0.25) is 0 Å². The molecule has 106 valence electrons. The van der Waals surface area contributed by atoms with Crippen molar-refractivity contribution in [3.8, 4) is 0 Å². The van der Waals surface area contributed by atoms with Crippen molar-refractivity contribution in [2.75, 3.05) is 11.9 Å². The zero-order chi connectivity index (χ0) is 14.0. The van der Waals surface area contributed by atoms with Gasteiger partial charge in [0.2, 0.25) is 0 Å². The van der Waals surface area contributed by atoms with Crippen LogP contribution in [0.2, 0.25) is 10.0 Å². The lowest BCUT2D eigenvalue weighted by Gasteiger charge is -2.38. The predicted octanol–water partition coefficient (Wildman–Crippen LogP) is 5.06. The second-order valence-electron chi connectivity index (χ2n) is 5.57. The Bertz CT molecular complexity index is 464. The molecule has 0 spiro atoms. The molecule has 2 nitrogen and oxygen atoms in total. The van der Waals surface area contributed by atoms with E-state index in [0.717, 1.165) is 47.2 Å². The maximum atomic E-state index is 6.27. The van der Waals surface area contributed by atoms with Gasteiger partial charge in [-0.05, 0) is 50.8 Å². The lowest BCUT2D eigenvalue weighted by atomic mass is 9.90. The van der Waals surface area contributed by atoms with E-state index in [1.165, 1.54) is 0 Å². The normalized spacial score (nSPS) is 27.3. The summed E-state index contributed by atoms with van der Waals surface area (Å²) in [7, 11) is 0. The molecule has 1 aromatic carbocycles. The molecule has 0 bridgehead atoms. The van der Waals surface area contributed by atoms with Crippen LogP contribution in [-0.4, -0.2) is 18.2 Å². The molecule has 0 radical (unpaired) electrons. The van der Waals surface area contributed by atoms with E-state index < -0.39 is 0 Å². The summed E-state index contributed by atoms with van der Waals surface area (Å²) in [6.07, 6.45) is 3.01. The Labute approximate surface area is 125 Å². The van der Waals surface area contributed by atoms with Gasteiger partial charge in [0.25, 0.3) is 0 Å². The van der Waals surface area contributed by atoms with Gasteiger partial charge in [-0.1, -0.05) is 30.1 Å². The number of aryl methyl sites for hydroxylation is 1. The van der Waals surface area contributed by atoms with E-state index in [0.29, 0.717) is 6.04 Å². The second kappa shape index (κ2) is 5.90. The summed E-state index contributed by atoms with van der Waals surface area (Å²) in [6, 6.07) is 4.21. The summed E-state index contributed by atoms with van der Waals surface area (Å²) >= 11 is 12.4. The van der Waals surface area contributed by atoms with E-state index >= 15 is 0 Å². The van der Waals surface area contributed by atoms with Crippen molar-refractivity contribution in [3.05, 3.63) is 27.7 Å². The molecule has 1 aliphatic rings. The van der Waals surface area contributed by atoms with Crippen LogP contribution in [0.25, 0.3) is 0 Å². The lowest BCUT2D eigenvalue weighted by Crippen LogP contribution is -2.41. The molecule has 4 heteroatoms. The van der Waals surface area contributed by atoms with Gasteiger partial charge in [-0.15, -0.1) is 0 Å². The van der Waals surface area contributed by atoms with Crippen molar-refractivity contribution in [1.29, 1.82) is 0 Å². The summed E-state index contributed by atoms with van der Waals surface area (Å²) in [5, 5.41) is 4.99. The highest BCUT2D eigenvalue weighted by Gasteiger charge is 2.31. The van der Waals surface area contributed by atoms with Gasteiger partial charge in [0.05, 0.1) is 16.3 Å². The Balaban J connectivity index is 2.11. The zero-order valence-electron chi connectivity index (χ0n) is 11.7. The Morgan fingerprint density at radius 2 is 2.11 bits per heavy atom. The third-order valence-electron chi connectivity index (χ3n) is 3.95. The molecule has 2 atom stereocenters. The first-order chi connectivity index (χ1) is 8.93. The molecule has 0 amide bonds. The molecular formula is C15H21Cl2NO. The second-order valence-corrected chi connectivity index (χ2v) is 6.38. The number of ether oxygens (including phenoxy) is 1. The average Bonchev–Trinajstić information content (AvgIpc) is 2.36. The summed E-state index contributed by atoms with van der Waals surface area (Å²) < 4.78 is 5.86. The van der Waals surface area contributed by atoms with Crippen molar-refractivity contribution >= 4 is 28.9 Å². The van der Waals surface area contributed by atoms with Crippen molar-refractivity contribution in [3.63, 3.8) is 0 Å². The third-order valence-corrected chi connectivity index (χ3v) is 4.67. The molecule has 1 aliphatic heterocycles. The van der Waals surface area contributed by atoms with Crippen molar-refractivity contribution in [2.24, 2.45) is 0 Å². The first-order valence-electron chi connectivity index (χ1n) is 6.79. The lowest BCUT2D eigenvalue weighted by molar-refractivity contribution is -0.0708. The summed E-state index contributed by atoms with van der Waals surface area (Å²) in [6.45, 7) is 7.09. The minimum absolute atomic E-state index is 0.0309. The van der Waals surface area contributed by atoms with Crippen molar-refractivity contribution in [2.45, 2.75) is 51.7 Å². The SMILES string of the molecule is CCC1(C)CC(Nc2cc(Cl)c(C)cc2Cl)CCO1. The Morgan fingerprint density at radius 1 is 1.37 bits per heavy atom. The summed E-state index contributed by atoms with van der Waals surface area (Å²) in [4.78, 5) is 0. The first kappa shape index (κ1) is 15.0. The highest BCUT2D eigenvalue weighted by Crippen LogP contribution is 2.33. The number of nitrogens with one attached hydrogen (secondary N) is 1. The molecule has 2 unspecified atom stereocenters. The number of rotatable bonds is 3. The van der Waals surface area contributed by atoms with E-state index in [9.17, 15) is 0 Å².